The summed E-state index contributed by atoms with van der Waals surface area (Å²) in [4.78, 5) is 32.4. The summed E-state index contributed by atoms with van der Waals surface area (Å²) in [5, 5.41) is 0. The zero-order chi connectivity index (χ0) is 25.4. The fraction of sp³-hybridized carbons (Fsp3) is 0.233. The molecule has 4 aromatic rings. The maximum absolute atomic E-state index is 13.5. The Morgan fingerprint density at radius 2 is 1.83 bits per heavy atom. The molecule has 6 heteroatoms. The maximum atomic E-state index is 13.5. The number of rotatable bonds is 6. The lowest BCUT2D eigenvalue weighted by atomic mass is 9.87. The van der Waals surface area contributed by atoms with Gasteiger partial charge < -0.3 is 14.2 Å². The van der Waals surface area contributed by atoms with Crippen molar-refractivity contribution in [3.05, 3.63) is 90.5 Å². The molecule has 0 unspecified atom stereocenters. The molecule has 36 heavy (non-hydrogen) atoms. The molecule has 1 amide bonds. The van der Waals surface area contributed by atoms with Crippen LogP contribution in [0.4, 0.5) is 5.69 Å². The van der Waals surface area contributed by atoms with E-state index in [4.69, 9.17) is 9.72 Å². The molecule has 2 heterocycles. The van der Waals surface area contributed by atoms with Crippen molar-refractivity contribution in [2.45, 2.75) is 32.7 Å². The number of aromatic nitrogens is 2. The summed E-state index contributed by atoms with van der Waals surface area (Å²) in [6.45, 7) is 10.7. The summed E-state index contributed by atoms with van der Waals surface area (Å²) in [6.07, 6.45) is 1.66. The highest BCUT2D eigenvalue weighted by Gasteiger charge is 2.26. The van der Waals surface area contributed by atoms with Crippen LogP contribution in [0.15, 0.2) is 79.4 Å². The van der Waals surface area contributed by atoms with E-state index < -0.39 is 0 Å². The van der Waals surface area contributed by atoms with Gasteiger partial charge in [-0.3, -0.25) is 9.59 Å². The largest absolute Gasteiger partial charge is 0.482 e. The second-order valence-corrected chi connectivity index (χ2v) is 10.0. The molecule has 0 N–H and O–H groups in total. The van der Waals surface area contributed by atoms with Crippen LogP contribution in [0.25, 0.3) is 22.4 Å². The number of carbonyl (C=O) groups is 2. The Hall–Kier alpha value is -4.19. The average molecular weight is 480 g/mol. The van der Waals surface area contributed by atoms with Crippen molar-refractivity contribution in [1.82, 2.24) is 9.55 Å². The number of para-hydroxylation sites is 2. The Balaban J connectivity index is 1.52. The molecular formula is C30H29N3O3. The number of amides is 1. The first-order chi connectivity index (χ1) is 17.3. The second kappa shape index (κ2) is 9.11. The lowest BCUT2D eigenvalue weighted by molar-refractivity contribution is -0.121. The molecule has 1 aliphatic rings. The zero-order valence-corrected chi connectivity index (χ0v) is 20.8. The number of hydrogen-bond acceptors (Lipinski definition) is 4. The van der Waals surface area contributed by atoms with Crippen LogP contribution in [-0.2, 0) is 16.8 Å². The number of carbonyl (C=O) groups excluding carboxylic acids is 2. The molecule has 3 aromatic carbocycles. The van der Waals surface area contributed by atoms with Gasteiger partial charge in [0.2, 0.25) is 0 Å². The van der Waals surface area contributed by atoms with Gasteiger partial charge in [0.1, 0.15) is 11.6 Å². The molecule has 0 saturated carbocycles. The monoisotopic (exact) mass is 479 g/mol. The molecule has 0 saturated heterocycles. The van der Waals surface area contributed by atoms with Crippen LogP contribution in [0.3, 0.4) is 0 Å². The van der Waals surface area contributed by atoms with Gasteiger partial charge in [0.25, 0.3) is 5.91 Å². The zero-order valence-electron chi connectivity index (χ0n) is 20.8. The van der Waals surface area contributed by atoms with Gasteiger partial charge in [-0.15, -0.1) is 6.58 Å². The van der Waals surface area contributed by atoms with Gasteiger partial charge in [-0.05, 0) is 41.3 Å². The summed E-state index contributed by atoms with van der Waals surface area (Å²) in [5.41, 5.74) is 5.06. The molecular weight excluding hydrogens is 450 g/mol. The average Bonchev–Trinajstić information content (AvgIpc) is 3.23. The van der Waals surface area contributed by atoms with Crippen molar-refractivity contribution in [2.24, 2.45) is 0 Å². The summed E-state index contributed by atoms with van der Waals surface area (Å²) >= 11 is 0. The fourth-order valence-electron chi connectivity index (χ4n) is 4.51. The van der Waals surface area contributed by atoms with Crippen LogP contribution in [0.5, 0.6) is 5.75 Å². The van der Waals surface area contributed by atoms with E-state index in [-0.39, 0.29) is 30.3 Å². The predicted octanol–water partition coefficient (Wildman–Crippen LogP) is 5.80. The lowest BCUT2D eigenvalue weighted by Gasteiger charge is -2.28. The SMILES string of the molecule is C=CCN1C(=O)COc2ccc(C(=O)Cn3c(-c4ccc(C(C)(C)C)cc4)nc4ccccc43)cc21. The highest BCUT2D eigenvalue weighted by Crippen LogP contribution is 2.34. The van der Waals surface area contributed by atoms with E-state index in [1.54, 1.807) is 29.2 Å². The van der Waals surface area contributed by atoms with E-state index in [1.807, 2.05) is 28.8 Å². The van der Waals surface area contributed by atoms with Crippen molar-refractivity contribution >= 4 is 28.4 Å². The Morgan fingerprint density at radius 3 is 2.56 bits per heavy atom. The van der Waals surface area contributed by atoms with Gasteiger partial charge in [0, 0.05) is 17.7 Å². The molecule has 5 rings (SSSR count). The van der Waals surface area contributed by atoms with Gasteiger partial charge >= 0.3 is 0 Å². The molecule has 0 bridgehead atoms. The fourth-order valence-corrected chi connectivity index (χ4v) is 4.51. The van der Waals surface area contributed by atoms with Crippen molar-refractivity contribution in [1.29, 1.82) is 0 Å². The van der Waals surface area contributed by atoms with Crippen molar-refractivity contribution < 1.29 is 14.3 Å². The molecule has 0 aliphatic carbocycles. The quantitative estimate of drug-likeness (QED) is 0.259. The summed E-state index contributed by atoms with van der Waals surface area (Å²) in [7, 11) is 0. The van der Waals surface area contributed by atoms with Gasteiger partial charge in [0.05, 0.1) is 23.3 Å². The predicted molar refractivity (Wildman–Crippen MR) is 143 cm³/mol. The van der Waals surface area contributed by atoms with E-state index >= 15 is 0 Å². The summed E-state index contributed by atoms with van der Waals surface area (Å²) < 4.78 is 7.53. The third-order valence-corrected chi connectivity index (χ3v) is 6.50. The number of anilines is 1. The highest BCUT2D eigenvalue weighted by atomic mass is 16.5. The van der Waals surface area contributed by atoms with Crippen LogP contribution in [0.1, 0.15) is 36.7 Å². The minimum absolute atomic E-state index is 0.0213. The number of nitrogens with zero attached hydrogens (tertiary/aromatic N) is 3. The summed E-state index contributed by atoms with van der Waals surface area (Å²) in [6, 6.07) is 21.4. The van der Waals surface area contributed by atoms with Crippen LogP contribution in [0, 0.1) is 0 Å². The normalized spacial score (nSPS) is 13.4. The highest BCUT2D eigenvalue weighted by molar-refractivity contribution is 6.02. The Morgan fingerprint density at radius 1 is 1.08 bits per heavy atom. The number of ketones is 1. The smallest absolute Gasteiger partial charge is 0.265 e. The van der Waals surface area contributed by atoms with E-state index in [2.05, 4.69) is 51.6 Å². The maximum Gasteiger partial charge on any atom is 0.265 e. The van der Waals surface area contributed by atoms with Gasteiger partial charge in [-0.1, -0.05) is 63.2 Å². The van der Waals surface area contributed by atoms with Crippen LogP contribution < -0.4 is 9.64 Å². The Bertz CT molecular complexity index is 1480. The van der Waals surface area contributed by atoms with Crippen LogP contribution in [-0.4, -0.2) is 34.4 Å². The second-order valence-electron chi connectivity index (χ2n) is 10.0. The number of Topliss-reactive ketones (excluding diaryl/α,β-unsaturated/α-hetero) is 1. The molecule has 0 spiro atoms. The minimum atomic E-state index is -0.159. The number of ether oxygens (including phenoxy) is 1. The van der Waals surface area contributed by atoms with Crippen LogP contribution >= 0.6 is 0 Å². The standard InChI is InChI=1S/C30H29N3O3/c1-5-16-32-25-17-21(12-15-27(25)36-19-28(32)35)26(34)18-33-24-9-7-6-8-23(24)31-29(33)20-10-13-22(14-11-20)30(2,3)4/h5-15,17H,1,16,18-19H2,2-4H3. The van der Waals surface area contributed by atoms with Gasteiger partial charge in [-0.25, -0.2) is 4.98 Å². The Labute approximate surface area is 210 Å². The Kier molecular flexibility index (Phi) is 5.96. The third-order valence-electron chi connectivity index (χ3n) is 6.50. The number of imidazole rings is 1. The molecule has 6 nitrogen and oxygen atoms in total. The van der Waals surface area contributed by atoms with E-state index in [9.17, 15) is 9.59 Å². The number of hydrogen-bond donors (Lipinski definition) is 0. The molecule has 0 fully saturated rings. The van der Waals surface area contributed by atoms with E-state index in [0.717, 1.165) is 22.4 Å². The molecule has 0 atom stereocenters. The van der Waals surface area contributed by atoms with Crippen LogP contribution in [0.2, 0.25) is 0 Å². The first-order valence-electron chi connectivity index (χ1n) is 12.0. The molecule has 0 radical (unpaired) electrons. The van der Waals surface area contributed by atoms with Crippen molar-refractivity contribution in [3.8, 4) is 17.1 Å². The van der Waals surface area contributed by atoms with Gasteiger partial charge in [0.15, 0.2) is 12.4 Å². The van der Waals surface area contributed by atoms with E-state index in [1.165, 1.54) is 5.56 Å². The van der Waals surface area contributed by atoms with Crippen molar-refractivity contribution in [2.75, 3.05) is 18.1 Å². The molecule has 1 aromatic heterocycles. The van der Waals surface area contributed by atoms with E-state index in [0.29, 0.717) is 23.5 Å². The third kappa shape index (κ3) is 4.31. The van der Waals surface area contributed by atoms with Crippen molar-refractivity contribution in [3.63, 3.8) is 0 Å². The summed E-state index contributed by atoms with van der Waals surface area (Å²) in [5.74, 6) is 1.09. The minimum Gasteiger partial charge on any atom is -0.482 e. The molecule has 182 valence electrons. The van der Waals surface area contributed by atoms with Gasteiger partial charge in [-0.2, -0.15) is 0 Å². The lowest BCUT2D eigenvalue weighted by Crippen LogP contribution is -2.39. The number of fused-ring (bicyclic) bond motifs is 2. The first-order valence-corrected chi connectivity index (χ1v) is 12.0. The topological polar surface area (TPSA) is 64.4 Å². The number of benzene rings is 3. The molecule has 1 aliphatic heterocycles. The first kappa shape index (κ1) is 23.5.